The zero-order valence-electron chi connectivity index (χ0n) is 22.7. The van der Waals surface area contributed by atoms with E-state index in [0.29, 0.717) is 41.2 Å². The first-order chi connectivity index (χ1) is 18.6. The van der Waals surface area contributed by atoms with Crippen LogP contribution in [0.1, 0.15) is 67.2 Å². The number of benzene rings is 2. The highest BCUT2D eigenvalue weighted by Gasteiger charge is 2.47. The first-order valence-corrected chi connectivity index (χ1v) is 12.8. The highest BCUT2D eigenvalue weighted by Crippen LogP contribution is 2.43. The Bertz CT molecular complexity index is 1420. The van der Waals surface area contributed by atoms with Crippen LogP contribution >= 0.6 is 0 Å². The van der Waals surface area contributed by atoms with E-state index in [4.69, 9.17) is 9.47 Å². The predicted octanol–water partition coefficient (Wildman–Crippen LogP) is 5.58. The fourth-order valence-electron chi connectivity index (χ4n) is 4.59. The summed E-state index contributed by atoms with van der Waals surface area (Å²) in [5, 5.41) is 11.5. The Hall–Kier alpha value is -4.46. The van der Waals surface area contributed by atoms with Gasteiger partial charge in [0.15, 0.2) is 0 Å². The van der Waals surface area contributed by atoms with Gasteiger partial charge >= 0.3 is 5.97 Å². The third-order valence-corrected chi connectivity index (χ3v) is 6.54. The molecule has 1 saturated heterocycles. The van der Waals surface area contributed by atoms with E-state index >= 15 is 0 Å². The molecule has 0 radical (unpaired) electrons. The number of esters is 1. The van der Waals surface area contributed by atoms with Crippen molar-refractivity contribution in [2.45, 2.75) is 45.6 Å². The second-order valence-corrected chi connectivity index (χ2v) is 10.3. The van der Waals surface area contributed by atoms with Gasteiger partial charge in [-0.25, -0.2) is 4.79 Å². The summed E-state index contributed by atoms with van der Waals surface area (Å²) < 4.78 is 10.7. The second kappa shape index (κ2) is 11.1. The molecule has 1 fully saturated rings. The molecule has 1 amide bonds. The third kappa shape index (κ3) is 5.41. The summed E-state index contributed by atoms with van der Waals surface area (Å²) in [5.41, 5.74) is 2.14. The molecule has 39 heavy (non-hydrogen) atoms. The maximum atomic E-state index is 13.5. The molecule has 0 aliphatic carbocycles. The fraction of sp³-hybridized carbons (Fsp3) is 0.290. The second-order valence-electron chi connectivity index (χ2n) is 10.3. The standard InChI is InChI=1S/C31H32N2O6/c1-6-16-39-30(37)19-9-12-22(13-10-19)33-26(21-8-7-15-32-18-21)25(28(35)29(33)36)27(34)20-11-14-24(38-5)23(17-20)31(2,3)4/h7-15,17-18,26,34H,6,16H2,1-5H3/b27-25-. The Balaban J connectivity index is 1.85. The smallest absolute Gasteiger partial charge is 0.338 e. The van der Waals surface area contributed by atoms with Crippen LogP contribution < -0.4 is 9.64 Å². The quantitative estimate of drug-likeness (QED) is 0.185. The number of Topliss-reactive ketones (excluding diaryl/α,β-unsaturated/α-hetero) is 1. The molecule has 1 unspecified atom stereocenters. The minimum Gasteiger partial charge on any atom is -0.507 e. The molecule has 2 heterocycles. The van der Waals surface area contributed by atoms with Gasteiger partial charge in [0.2, 0.25) is 0 Å². The number of amides is 1. The van der Waals surface area contributed by atoms with E-state index in [-0.39, 0.29) is 16.7 Å². The fourth-order valence-corrected chi connectivity index (χ4v) is 4.59. The van der Waals surface area contributed by atoms with Crippen LogP contribution in [0.15, 0.2) is 72.6 Å². The van der Waals surface area contributed by atoms with Crippen molar-refractivity contribution in [1.82, 2.24) is 4.98 Å². The Morgan fingerprint density at radius 3 is 2.33 bits per heavy atom. The number of anilines is 1. The summed E-state index contributed by atoms with van der Waals surface area (Å²) in [6.45, 7) is 8.26. The van der Waals surface area contributed by atoms with Crippen LogP contribution in [0.25, 0.3) is 5.76 Å². The summed E-state index contributed by atoms with van der Waals surface area (Å²) in [5.74, 6) is -1.72. The molecular formula is C31H32N2O6. The van der Waals surface area contributed by atoms with Gasteiger partial charge in [0.1, 0.15) is 11.5 Å². The van der Waals surface area contributed by atoms with E-state index in [1.807, 2.05) is 27.7 Å². The number of aliphatic hydroxyl groups is 1. The maximum absolute atomic E-state index is 13.5. The van der Waals surface area contributed by atoms with Gasteiger partial charge in [0, 0.05) is 29.2 Å². The molecule has 2 aromatic carbocycles. The zero-order chi connectivity index (χ0) is 28.3. The summed E-state index contributed by atoms with van der Waals surface area (Å²) >= 11 is 0. The number of pyridine rings is 1. The monoisotopic (exact) mass is 528 g/mol. The summed E-state index contributed by atoms with van der Waals surface area (Å²) in [6.07, 6.45) is 3.85. The number of ether oxygens (including phenoxy) is 2. The van der Waals surface area contributed by atoms with Crippen LogP contribution in [0.2, 0.25) is 0 Å². The lowest BCUT2D eigenvalue weighted by atomic mass is 9.84. The first kappa shape index (κ1) is 27.6. The molecule has 202 valence electrons. The molecule has 8 heteroatoms. The highest BCUT2D eigenvalue weighted by atomic mass is 16.5. The first-order valence-electron chi connectivity index (χ1n) is 12.8. The molecule has 0 bridgehead atoms. The van der Waals surface area contributed by atoms with Crippen molar-refractivity contribution in [3.8, 4) is 5.75 Å². The summed E-state index contributed by atoms with van der Waals surface area (Å²) in [7, 11) is 1.58. The number of hydrogen-bond donors (Lipinski definition) is 1. The van der Waals surface area contributed by atoms with Crippen molar-refractivity contribution in [1.29, 1.82) is 0 Å². The van der Waals surface area contributed by atoms with E-state index < -0.39 is 23.7 Å². The van der Waals surface area contributed by atoms with E-state index in [1.165, 1.54) is 4.90 Å². The Kier molecular flexibility index (Phi) is 7.85. The molecule has 1 aromatic heterocycles. The average Bonchev–Trinajstić information content (AvgIpc) is 3.21. The van der Waals surface area contributed by atoms with Crippen LogP contribution in [0.5, 0.6) is 5.75 Å². The maximum Gasteiger partial charge on any atom is 0.338 e. The molecular weight excluding hydrogens is 496 g/mol. The molecule has 3 aromatic rings. The molecule has 1 aliphatic heterocycles. The van der Waals surface area contributed by atoms with Gasteiger partial charge in [0.25, 0.3) is 11.7 Å². The van der Waals surface area contributed by atoms with Gasteiger partial charge in [-0.2, -0.15) is 0 Å². The van der Waals surface area contributed by atoms with E-state index in [9.17, 15) is 19.5 Å². The van der Waals surface area contributed by atoms with Gasteiger partial charge in [-0.1, -0.05) is 33.8 Å². The van der Waals surface area contributed by atoms with Crippen molar-refractivity contribution in [2.24, 2.45) is 0 Å². The van der Waals surface area contributed by atoms with Gasteiger partial charge in [-0.3, -0.25) is 19.5 Å². The normalized spacial score (nSPS) is 16.8. The number of ketones is 1. The van der Waals surface area contributed by atoms with Crippen molar-refractivity contribution in [3.63, 3.8) is 0 Å². The van der Waals surface area contributed by atoms with Gasteiger partial charge < -0.3 is 14.6 Å². The SMILES string of the molecule is CCCOC(=O)c1ccc(N2C(=O)C(=O)/C(=C(\O)c3ccc(OC)c(C(C)(C)C)c3)C2c2cccnc2)cc1. The largest absolute Gasteiger partial charge is 0.507 e. The third-order valence-electron chi connectivity index (χ3n) is 6.54. The minimum absolute atomic E-state index is 0.0514. The molecule has 0 spiro atoms. The topological polar surface area (TPSA) is 106 Å². The molecule has 8 nitrogen and oxygen atoms in total. The molecule has 0 saturated carbocycles. The Morgan fingerprint density at radius 2 is 1.74 bits per heavy atom. The Labute approximate surface area is 227 Å². The number of rotatable bonds is 7. The lowest BCUT2D eigenvalue weighted by Gasteiger charge is -2.26. The van der Waals surface area contributed by atoms with Crippen LogP contribution in [0.4, 0.5) is 5.69 Å². The van der Waals surface area contributed by atoms with Crippen molar-refractivity contribution >= 4 is 29.1 Å². The van der Waals surface area contributed by atoms with Crippen LogP contribution in [-0.4, -0.2) is 41.5 Å². The van der Waals surface area contributed by atoms with E-state index in [1.54, 1.807) is 74.1 Å². The molecule has 1 atom stereocenters. The van der Waals surface area contributed by atoms with E-state index in [0.717, 1.165) is 5.56 Å². The van der Waals surface area contributed by atoms with Crippen molar-refractivity contribution in [2.75, 3.05) is 18.6 Å². The highest BCUT2D eigenvalue weighted by molar-refractivity contribution is 6.51. The summed E-state index contributed by atoms with van der Waals surface area (Å²) in [6, 6.07) is 14.0. The number of nitrogens with zero attached hydrogens (tertiary/aromatic N) is 2. The van der Waals surface area contributed by atoms with Crippen molar-refractivity contribution in [3.05, 3.63) is 94.8 Å². The predicted molar refractivity (Wildman–Crippen MR) is 148 cm³/mol. The number of carbonyl (C=O) groups is 3. The number of methoxy groups -OCH3 is 1. The van der Waals surface area contributed by atoms with Gasteiger partial charge in [-0.05, 0) is 65.9 Å². The number of aromatic nitrogens is 1. The number of hydrogen-bond acceptors (Lipinski definition) is 7. The van der Waals surface area contributed by atoms with Gasteiger partial charge in [0.05, 0.1) is 30.9 Å². The minimum atomic E-state index is -0.934. The number of aliphatic hydroxyl groups excluding tert-OH is 1. The van der Waals surface area contributed by atoms with E-state index in [2.05, 4.69) is 4.98 Å². The average molecular weight is 529 g/mol. The molecule has 1 aliphatic rings. The van der Waals surface area contributed by atoms with Crippen molar-refractivity contribution < 1.29 is 29.0 Å². The van der Waals surface area contributed by atoms with Crippen LogP contribution in [0.3, 0.4) is 0 Å². The van der Waals surface area contributed by atoms with Gasteiger partial charge in [-0.15, -0.1) is 0 Å². The zero-order valence-corrected chi connectivity index (χ0v) is 22.7. The summed E-state index contributed by atoms with van der Waals surface area (Å²) in [4.78, 5) is 44.6. The lowest BCUT2D eigenvalue weighted by Crippen LogP contribution is -2.29. The lowest BCUT2D eigenvalue weighted by molar-refractivity contribution is -0.132. The Morgan fingerprint density at radius 1 is 1.05 bits per heavy atom. The molecule has 4 rings (SSSR count). The van der Waals surface area contributed by atoms with Crippen LogP contribution in [0, 0.1) is 0 Å². The molecule has 1 N–H and O–H groups in total. The number of carbonyl (C=O) groups excluding carboxylic acids is 3. The van der Waals surface area contributed by atoms with Crippen LogP contribution in [-0.2, 0) is 19.7 Å².